The monoisotopic (exact) mass is 254 g/mol. The summed E-state index contributed by atoms with van der Waals surface area (Å²) in [6, 6.07) is 9.30. The van der Waals surface area contributed by atoms with Gasteiger partial charge in [0.25, 0.3) is 0 Å². The third-order valence-corrected chi connectivity index (χ3v) is 3.11. The maximum absolute atomic E-state index is 12.9. The lowest BCUT2D eigenvalue weighted by molar-refractivity contribution is -0.248. The fraction of sp³-hybridized carbons (Fsp3) is 0.286. The van der Waals surface area contributed by atoms with Gasteiger partial charge in [0.15, 0.2) is 5.60 Å². The molecule has 4 heteroatoms. The molecule has 0 N–H and O–H groups in total. The number of halogens is 3. The van der Waals surface area contributed by atoms with E-state index in [4.69, 9.17) is 0 Å². The lowest BCUT2D eigenvalue weighted by Gasteiger charge is -2.32. The molecule has 0 heterocycles. The van der Waals surface area contributed by atoms with Crippen molar-refractivity contribution in [2.24, 2.45) is 0 Å². The molecule has 0 amide bonds. The number of methoxy groups -OCH3 is 1. The Kier molecular flexibility index (Phi) is 3.30. The first-order valence-electron chi connectivity index (χ1n) is 5.55. The maximum atomic E-state index is 12.9. The molecule has 0 saturated heterocycles. The summed E-state index contributed by atoms with van der Waals surface area (Å²) in [4.78, 5) is 0. The van der Waals surface area contributed by atoms with Gasteiger partial charge in [0.05, 0.1) is 0 Å². The van der Waals surface area contributed by atoms with Crippen LogP contribution in [0.5, 0.6) is 0 Å². The minimum Gasteiger partial charge on any atom is -0.364 e. The Balaban J connectivity index is 2.26. The van der Waals surface area contributed by atoms with Gasteiger partial charge in [0.1, 0.15) is 0 Å². The van der Waals surface area contributed by atoms with Crippen molar-refractivity contribution >= 4 is 5.57 Å². The van der Waals surface area contributed by atoms with E-state index in [1.807, 2.05) is 30.3 Å². The molecular weight excluding hydrogens is 241 g/mol. The van der Waals surface area contributed by atoms with Gasteiger partial charge >= 0.3 is 6.18 Å². The van der Waals surface area contributed by atoms with E-state index >= 15 is 0 Å². The second kappa shape index (κ2) is 4.61. The Hall–Kier alpha value is -1.55. The topological polar surface area (TPSA) is 9.23 Å². The van der Waals surface area contributed by atoms with Crippen LogP contribution in [-0.4, -0.2) is 18.9 Å². The summed E-state index contributed by atoms with van der Waals surface area (Å²) >= 11 is 0. The van der Waals surface area contributed by atoms with Crippen LogP contribution >= 0.6 is 0 Å². The average Bonchev–Trinajstić information content (AvgIpc) is 2.38. The summed E-state index contributed by atoms with van der Waals surface area (Å²) in [6.45, 7) is 0. The van der Waals surface area contributed by atoms with Crippen molar-refractivity contribution in [3.63, 3.8) is 0 Å². The van der Waals surface area contributed by atoms with Crippen molar-refractivity contribution in [2.75, 3.05) is 7.11 Å². The first kappa shape index (κ1) is 12.9. The number of ether oxygens (including phenoxy) is 1. The molecule has 0 fully saturated rings. The Morgan fingerprint density at radius 3 is 2.28 bits per heavy atom. The van der Waals surface area contributed by atoms with E-state index in [0.717, 1.165) is 24.3 Å². The van der Waals surface area contributed by atoms with Crippen molar-refractivity contribution < 1.29 is 17.9 Å². The van der Waals surface area contributed by atoms with Crippen molar-refractivity contribution in [2.45, 2.75) is 18.2 Å². The van der Waals surface area contributed by atoms with Crippen LogP contribution in [0.4, 0.5) is 13.2 Å². The predicted octanol–water partition coefficient (Wildman–Crippen LogP) is 3.98. The largest absolute Gasteiger partial charge is 0.421 e. The normalized spacial score (nSPS) is 23.9. The van der Waals surface area contributed by atoms with Gasteiger partial charge in [-0.15, -0.1) is 0 Å². The van der Waals surface area contributed by atoms with Gasteiger partial charge in [-0.3, -0.25) is 0 Å². The molecule has 1 atom stereocenters. The van der Waals surface area contributed by atoms with Crippen LogP contribution in [0.2, 0.25) is 0 Å². The highest BCUT2D eigenvalue weighted by atomic mass is 19.4. The summed E-state index contributed by atoms with van der Waals surface area (Å²) in [5, 5.41) is 0. The van der Waals surface area contributed by atoms with Crippen LogP contribution in [-0.2, 0) is 4.74 Å². The van der Waals surface area contributed by atoms with E-state index in [9.17, 15) is 13.2 Å². The number of allylic oxidation sites excluding steroid dienone is 2. The van der Waals surface area contributed by atoms with Crippen LogP contribution in [0, 0.1) is 0 Å². The molecule has 1 aromatic carbocycles. The van der Waals surface area contributed by atoms with E-state index in [-0.39, 0.29) is 6.42 Å². The predicted molar refractivity (Wildman–Crippen MR) is 64.0 cm³/mol. The zero-order valence-electron chi connectivity index (χ0n) is 9.87. The summed E-state index contributed by atoms with van der Waals surface area (Å²) in [5.41, 5.74) is -0.501. The van der Waals surface area contributed by atoms with E-state index < -0.39 is 11.8 Å². The molecule has 2 rings (SSSR count). The van der Waals surface area contributed by atoms with Crippen molar-refractivity contribution in [3.8, 4) is 0 Å². The van der Waals surface area contributed by atoms with Crippen LogP contribution in [0.15, 0.2) is 48.6 Å². The van der Waals surface area contributed by atoms with Gasteiger partial charge in [0, 0.05) is 13.5 Å². The van der Waals surface area contributed by atoms with E-state index in [2.05, 4.69) is 4.74 Å². The number of alkyl halides is 3. The lowest BCUT2D eigenvalue weighted by atomic mass is 9.89. The third-order valence-electron chi connectivity index (χ3n) is 3.11. The highest BCUT2D eigenvalue weighted by Gasteiger charge is 2.53. The number of hydrogen-bond donors (Lipinski definition) is 0. The fourth-order valence-electron chi connectivity index (χ4n) is 1.94. The van der Waals surface area contributed by atoms with Gasteiger partial charge in [-0.25, -0.2) is 0 Å². The summed E-state index contributed by atoms with van der Waals surface area (Å²) in [7, 11) is 1.08. The Morgan fingerprint density at radius 1 is 1.17 bits per heavy atom. The number of hydrogen-bond acceptors (Lipinski definition) is 1. The molecule has 18 heavy (non-hydrogen) atoms. The van der Waals surface area contributed by atoms with Gasteiger partial charge in [0.2, 0.25) is 0 Å². The van der Waals surface area contributed by atoms with Crippen LogP contribution in [0.1, 0.15) is 12.0 Å². The highest BCUT2D eigenvalue weighted by Crippen LogP contribution is 2.41. The Bertz CT molecular complexity index is 474. The third kappa shape index (κ3) is 2.20. The quantitative estimate of drug-likeness (QED) is 0.775. The SMILES string of the molecule is COC1(C(F)(F)F)C=CC(c2ccccc2)=CC1. The lowest BCUT2D eigenvalue weighted by Crippen LogP contribution is -2.45. The number of benzene rings is 1. The molecular formula is C14H13F3O. The van der Waals surface area contributed by atoms with Gasteiger partial charge in [-0.1, -0.05) is 42.5 Å². The molecule has 96 valence electrons. The molecule has 0 aromatic heterocycles. The Labute approximate surface area is 104 Å². The molecule has 1 nitrogen and oxygen atoms in total. The molecule has 0 aliphatic heterocycles. The van der Waals surface area contributed by atoms with E-state index in [0.29, 0.717) is 0 Å². The van der Waals surface area contributed by atoms with Crippen LogP contribution in [0.25, 0.3) is 5.57 Å². The van der Waals surface area contributed by atoms with Crippen molar-refractivity contribution in [1.82, 2.24) is 0 Å². The summed E-state index contributed by atoms with van der Waals surface area (Å²) in [5.74, 6) is 0. The fourth-order valence-corrected chi connectivity index (χ4v) is 1.94. The summed E-state index contributed by atoms with van der Waals surface area (Å²) < 4.78 is 43.4. The average molecular weight is 254 g/mol. The minimum absolute atomic E-state index is 0.201. The van der Waals surface area contributed by atoms with Crippen molar-refractivity contribution in [3.05, 3.63) is 54.1 Å². The molecule has 0 saturated carbocycles. The second-order valence-corrected chi connectivity index (χ2v) is 4.15. The zero-order chi connectivity index (χ0) is 13.2. The molecule has 1 aliphatic rings. The Morgan fingerprint density at radius 2 is 1.83 bits per heavy atom. The highest BCUT2D eigenvalue weighted by molar-refractivity contribution is 5.75. The minimum atomic E-state index is -4.41. The van der Waals surface area contributed by atoms with Crippen LogP contribution in [0.3, 0.4) is 0 Å². The molecule has 0 bridgehead atoms. The molecule has 0 radical (unpaired) electrons. The van der Waals surface area contributed by atoms with Gasteiger partial charge in [-0.2, -0.15) is 13.2 Å². The molecule has 1 aliphatic carbocycles. The molecule has 1 unspecified atom stereocenters. The van der Waals surface area contributed by atoms with Gasteiger partial charge in [-0.05, 0) is 17.2 Å². The number of rotatable bonds is 2. The van der Waals surface area contributed by atoms with Crippen molar-refractivity contribution in [1.29, 1.82) is 0 Å². The molecule has 1 aromatic rings. The first-order chi connectivity index (χ1) is 8.48. The zero-order valence-corrected chi connectivity index (χ0v) is 9.87. The van der Waals surface area contributed by atoms with E-state index in [1.54, 1.807) is 6.08 Å². The first-order valence-corrected chi connectivity index (χ1v) is 5.55. The van der Waals surface area contributed by atoms with Crippen LogP contribution < -0.4 is 0 Å². The molecule has 0 spiro atoms. The summed E-state index contributed by atoms with van der Waals surface area (Å²) in [6.07, 6.45) is -0.484. The second-order valence-electron chi connectivity index (χ2n) is 4.15. The maximum Gasteiger partial charge on any atom is 0.421 e. The smallest absolute Gasteiger partial charge is 0.364 e. The van der Waals surface area contributed by atoms with Gasteiger partial charge < -0.3 is 4.74 Å². The standard InChI is InChI=1S/C14H13F3O/c1-18-13(14(15,16)17)9-7-12(8-10-13)11-5-3-2-4-6-11/h2-9H,10H2,1H3. The van der Waals surface area contributed by atoms with E-state index in [1.165, 1.54) is 6.08 Å².